The van der Waals surface area contributed by atoms with Gasteiger partial charge in [0.15, 0.2) is 0 Å². The van der Waals surface area contributed by atoms with Crippen LogP contribution in [0.4, 0.5) is 11.4 Å². The molecule has 18 heavy (non-hydrogen) atoms. The first kappa shape index (κ1) is 14.3. The minimum Gasteiger partial charge on any atom is -0.478 e. The van der Waals surface area contributed by atoms with Crippen LogP contribution < -0.4 is 11.1 Å². The molecule has 0 fully saturated rings. The van der Waals surface area contributed by atoms with Crippen molar-refractivity contribution < 1.29 is 15.0 Å². The largest absolute Gasteiger partial charge is 0.478 e. The first-order valence-electron chi connectivity index (χ1n) is 5.86. The van der Waals surface area contributed by atoms with E-state index in [0.717, 1.165) is 0 Å². The van der Waals surface area contributed by atoms with Crippen LogP contribution in [0.25, 0.3) is 0 Å². The van der Waals surface area contributed by atoms with Gasteiger partial charge in [0.2, 0.25) is 0 Å². The normalized spacial score (nSPS) is 14.0. The first-order chi connectivity index (χ1) is 8.26. The van der Waals surface area contributed by atoms with E-state index in [1.54, 1.807) is 19.9 Å². The van der Waals surface area contributed by atoms with Gasteiger partial charge < -0.3 is 21.3 Å². The van der Waals surface area contributed by atoms with E-state index in [1.165, 1.54) is 6.07 Å². The molecule has 1 rings (SSSR count). The van der Waals surface area contributed by atoms with Crippen LogP contribution in [0.3, 0.4) is 0 Å². The lowest BCUT2D eigenvalue weighted by Crippen LogP contribution is -2.32. The molecule has 0 bridgehead atoms. The number of aliphatic hydroxyl groups is 1. The number of benzene rings is 1. The highest BCUT2D eigenvalue weighted by Gasteiger charge is 2.18. The fourth-order valence-electron chi connectivity index (χ4n) is 1.49. The van der Waals surface area contributed by atoms with Gasteiger partial charge in [-0.25, -0.2) is 4.79 Å². The highest BCUT2D eigenvalue weighted by atomic mass is 16.4. The molecule has 1 aromatic rings. The predicted molar refractivity (Wildman–Crippen MR) is 72.0 cm³/mol. The third-order valence-electron chi connectivity index (χ3n) is 3.05. The van der Waals surface area contributed by atoms with Crippen LogP contribution in [-0.2, 0) is 0 Å². The first-order valence-corrected chi connectivity index (χ1v) is 5.86. The lowest BCUT2D eigenvalue weighted by Gasteiger charge is -2.22. The SMILES string of the molecule is CCC(C)(O)CNc1cc(C)c(N)c(C(=O)O)c1. The summed E-state index contributed by atoms with van der Waals surface area (Å²) in [6.07, 6.45) is 0.611. The summed E-state index contributed by atoms with van der Waals surface area (Å²) >= 11 is 0. The average molecular weight is 252 g/mol. The Morgan fingerprint density at radius 3 is 2.61 bits per heavy atom. The Balaban J connectivity index is 2.95. The molecule has 0 heterocycles. The minimum atomic E-state index is -1.05. The smallest absolute Gasteiger partial charge is 0.337 e. The van der Waals surface area contributed by atoms with E-state index in [9.17, 15) is 9.90 Å². The second-order valence-electron chi connectivity index (χ2n) is 4.76. The van der Waals surface area contributed by atoms with Crippen LogP contribution in [-0.4, -0.2) is 28.3 Å². The molecule has 0 aliphatic carbocycles. The summed E-state index contributed by atoms with van der Waals surface area (Å²) in [5, 5.41) is 21.9. The summed E-state index contributed by atoms with van der Waals surface area (Å²) in [5.74, 6) is -1.05. The topological polar surface area (TPSA) is 95.6 Å². The van der Waals surface area contributed by atoms with E-state index in [-0.39, 0.29) is 11.3 Å². The van der Waals surface area contributed by atoms with E-state index in [2.05, 4.69) is 5.32 Å². The third-order valence-corrected chi connectivity index (χ3v) is 3.05. The molecule has 0 amide bonds. The zero-order valence-corrected chi connectivity index (χ0v) is 10.9. The lowest BCUT2D eigenvalue weighted by atomic mass is 10.0. The number of anilines is 2. The van der Waals surface area contributed by atoms with Gasteiger partial charge in [0.05, 0.1) is 11.2 Å². The maximum atomic E-state index is 11.0. The molecule has 100 valence electrons. The summed E-state index contributed by atoms with van der Waals surface area (Å²) in [7, 11) is 0. The van der Waals surface area contributed by atoms with E-state index < -0.39 is 11.6 Å². The fraction of sp³-hybridized carbons (Fsp3) is 0.462. The van der Waals surface area contributed by atoms with Gasteiger partial charge in [-0.2, -0.15) is 0 Å². The number of carboxylic acids is 1. The molecule has 0 spiro atoms. The molecule has 0 radical (unpaired) electrons. The van der Waals surface area contributed by atoms with Gasteiger partial charge in [-0.05, 0) is 38.0 Å². The molecule has 5 N–H and O–H groups in total. The van der Waals surface area contributed by atoms with Crippen LogP contribution in [0.15, 0.2) is 12.1 Å². The van der Waals surface area contributed by atoms with Gasteiger partial charge in [0.1, 0.15) is 0 Å². The average Bonchev–Trinajstić information content (AvgIpc) is 2.30. The van der Waals surface area contributed by atoms with Crippen molar-refractivity contribution in [3.05, 3.63) is 23.3 Å². The maximum Gasteiger partial charge on any atom is 0.337 e. The van der Waals surface area contributed by atoms with Crippen LogP contribution in [0.5, 0.6) is 0 Å². The Labute approximate surface area is 107 Å². The number of carboxylic acid groups (broad SMARTS) is 1. The highest BCUT2D eigenvalue weighted by Crippen LogP contribution is 2.23. The standard InChI is InChI=1S/C13H20N2O3/c1-4-13(3,18)7-15-9-5-8(2)11(14)10(6-9)12(16)17/h5-6,15,18H,4,7,14H2,1-3H3,(H,16,17). The van der Waals surface area contributed by atoms with E-state index in [4.69, 9.17) is 10.8 Å². The molecular formula is C13H20N2O3. The van der Waals surface area contributed by atoms with Crippen molar-refractivity contribution in [3.8, 4) is 0 Å². The molecule has 0 aliphatic heterocycles. The van der Waals surface area contributed by atoms with Crippen molar-refractivity contribution in [2.24, 2.45) is 0 Å². The Bertz CT molecular complexity index is 456. The zero-order chi connectivity index (χ0) is 13.9. The second-order valence-corrected chi connectivity index (χ2v) is 4.76. The summed E-state index contributed by atoms with van der Waals surface area (Å²) in [6, 6.07) is 3.25. The molecule has 5 nitrogen and oxygen atoms in total. The highest BCUT2D eigenvalue weighted by molar-refractivity contribution is 5.95. The molecule has 1 atom stereocenters. The Morgan fingerprint density at radius 2 is 2.11 bits per heavy atom. The summed E-state index contributed by atoms with van der Waals surface area (Å²) in [6.45, 7) is 5.72. The Hall–Kier alpha value is -1.75. The molecule has 1 aromatic carbocycles. The summed E-state index contributed by atoms with van der Waals surface area (Å²) < 4.78 is 0. The number of carbonyl (C=O) groups is 1. The van der Waals surface area contributed by atoms with Crippen molar-refractivity contribution in [2.45, 2.75) is 32.8 Å². The molecule has 0 aliphatic rings. The number of aryl methyl sites for hydroxylation is 1. The van der Waals surface area contributed by atoms with Crippen molar-refractivity contribution >= 4 is 17.3 Å². The molecule has 0 aromatic heterocycles. The number of rotatable bonds is 5. The van der Waals surface area contributed by atoms with E-state index in [0.29, 0.717) is 24.2 Å². The van der Waals surface area contributed by atoms with Crippen molar-refractivity contribution in [1.29, 1.82) is 0 Å². The van der Waals surface area contributed by atoms with E-state index >= 15 is 0 Å². The Kier molecular flexibility index (Phi) is 4.19. The van der Waals surface area contributed by atoms with Crippen molar-refractivity contribution in [2.75, 3.05) is 17.6 Å². The summed E-state index contributed by atoms with van der Waals surface area (Å²) in [4.78, 5) is 11.0. The van der Waals surface area contributed by atoms with Gasteiger partial charge in [-0.3, -0.25) is 0 Å². The molecule has 1 unspecified atom stereocenters. The third kappa shape index (κ3) is 3.37. The zero-order valence-electron chi connectivity index (χ0n) is 10.9. The van der Waals surface area contributed by atoms with Gasteiger partial charge in [0.25, 0.3) is 0 Å². The van der Waals surface area contributed by atoms with Crippen LogP contribution in [0, 0.1) is 6.92 Å². The van der Waals surface area contributed by atoms with Gasteiger partial charge >= 0.3 is 5.97 Å². The monoisotopic (exact) mass is 252 g/mol. The number of nitrogen functional groups attached to an aromatic ring is 1. The molecule has 5 heteroatoms. The van der Waals surface area contributed by atoms with Crippen molar-refractivity contribution in [1.82, 2.24) is 0 Å². The van der Waals surface area contributed by atoms with Crippen LogP contribution >= 0.6 is 0 Å². The number of aromatic carboxylic acids is 1. The number of nitrogens with one attached hydrogen (secondary N) is 1. The van der Waals surface area contributed by atoms with Crippen LogP contribution in [0.1, 0.15) is 36.2 Å². The maximum absolute atomic E-state index is 11.0. The van der Waals surface area contributed by atoms with E-state index in [1.807, 2.05) is 6.92 Å². The van der Waals surface area contributed by atoms with Gasteiger partial charge in [-0.1, -0.05) is 6.92 Å². The molecule has 0 saturated carbocycles. The number of nitrogens with two attached hydrogens (primary N) is 1. The number of hydrogen-bond acceptors (Lipinski definition) is 4. The second kappa shape index (κ2) is 5.27. The molecule has 0 saturated heterocycles. The number of hydrogen-bond donors (Lipinski definition) is 4. The predicted octanol–water partition coefficient (Wildman–Crippen LogP) is 1.85. The van der Waals surface area contributed by atoms with Gasteiger partial charge in [0, 0.05) is 17.9 Å². The minimum absolute atomic E-state index is 0.0774. The summed E-state index contributed by atoms with van der Waals surface area (Å²) in [5.41, 5.74) is 6.58. The van der Waals surface area contributed by atoms with Crippen LogP contribution in [0.2, 0.25) is 0 Å². The Morgan fingerprint density at radius 1 is 1.50 bits per heavy atom. The fourth-order valence-corrected chi connectivity index (χ4v) is 1.49. The molecular weight excluding hydrogens is 232 g/mol. The lowest BCUT2D eigenvalue weighted by molar-refractivity contribution is 0.0694. The van der Waals surface area contributed by atoms with Gasteiger partial charge in [-0.15, -0.1) is 0 Å². The van der Waals surface area contributed by atoms with Crippen molar-refractivity contribution in [3.63, 3.8) is 0 Å². The quantitative estimate of drug-likeness (QED) is 0.600.